The van der Waals surface area contributed by atoms with E-state index in [0.717, 1.165) is 0 Å². The van der Waals surface area contributed by atoms with E-state index in [1.54, 1.807) is 4.90 Å². The van der Waals surface area contributed by atoms with Crippen molar-refractivity contribution in [1.82, 2.24) is 4.90 Å². The summed E-state index contributed by atoms with van der Waals surface area (Å²) in [5.74, 6) is -0.924. The normalized spacial score (nSPS) is 30.9. The van der Waals surface area contributed by atoms with Gasteiger partial charge in [-0.05, 0) is 40.0 Å². The van der Waals surface area contributed by atoms with Crippen LogP contribution in [-0.4, -0.2) is 52.5 Å². The van der Waals surface area contributed by atoms with E-state index in [1.807, 2.05) is 20.8 Å². The number of carboxylic acid groups (broad SMARTS) is 1. The largest absolute Gasteiger partial charge is 0.479 e. The Morgan fingerprint density at radius 3 is 2.58 bits per heavy atom. The van der Waals surface area contributed by atoms with E-state index >= 15 is 0 Å². The van der Waals surface area contributed by atoms with Gasteiger partial charge in [-0.1, -0.05) is 0 Å². The van der Waals surface area contributed by atoms with Gasteiger partial charge in [0.2, 0.25) is 0 Å². The van der Waals surface area contributed by atoms with Crippen molar-refractivity contribution in [1.29, 1.82) is 0 Å². The Hall–Kier alpha value is -1.30. The number of aliphatic carboxylic acids is 1. The summed E-state index contributed by atoms with van der Waals surface area (Å²) >= 11 is 0. The summed E-state index contributed by atoms with van der Waals surface area (Å²) in [5, 5.41) is 8.95. The van der Waals surface area contributed by atoms with Crippen molar-refractivity contribution < 1.29 is 24.2 Å². The summed E-state index contributed by atoms with van der Waals surface area (Å²) in [6, 6.07) is 0. The van der Waals surface area contributed by atoms with E-state index in [1.165, 1.54) is 0 Å². The van der Waals surface area contributed by atoms with Gasteiger partial charge in [-0.25, -0.2) is 9.59 Å². The van der Waals surface area contributed by atoms with Gasteiger partial charge in [-0.15, -0.1) is 0 Å². The molecule has 2 saturated heterocycles. The number of carbonyl (C=O) groups is 2. The molecule has 2 aliphatic heterocycles. The van der Waals surface area contributed by atoms with Gasteiger partial charge in [0, 0.05) is 6.54 Å². The maximum absolute atomic E-state index is 11.9. The Morgan fingerprint density at radius 1 is 1.37 bits per heavy atom. The lowest BCUT2D eigenvalue weighted by molar-refractivity contribution is -0.153. The molecule has 1 N–H and O–H groups in total. The second-order valence-corrected chi connectivity index (χ2v) is 6.32. The van der Waals surface area contributed by atoms with Gasteiger partial charge in [-0.2, -0.15) is 0 Å². The zero-order chi connectivity index (χ0) is 14.3. The maximum atomic E-state index is 11.9. The minimum atomic E-state index is -0.924. The molecule has 2 heterocycles. The monoisotopic (exact) mass is 271 g/mol. The van der Waals surface area contributed by atoms with Crippen molar-refractivity contribution in [3.05, 3.63) is 0 Å². The molecule has 0 bridgehead atoms. The van der Waals surface area contributed by atoms with E-state index in [0.29, 0.717) is 32.4 Å². The lowest BCUT2D eigenvalue weighted by Crippen LogP contribution is -2.39. The van der Waals surface area contributed by atoms with Crippen LogP contribution in [0.25, 0.3) is 0 Å². The van der Waals surface area contributed by atoms with Crippen LogP contribution in [0.4, 0.5) is 4.79 Å². The molecule has 0 radical (unpaired) electrons. The Kier molecular flexibility index (Phi) is 3.47. The van der Waals surface area contributed by atoms with Crippen LogP contribution in [0.3, 0.4) is 0 Å². The first-order chi connectivity index (χ1) is 8.71. The van der Waals surface area contributed by atoms with Gasteiger partial charge in [-0.3, -0.25) is 0 Å². The SMILES string of the molecule is CC(C)(C)OC(=O)N1CCC2(CC[C@@H](C(=O)O)O2)C1. The smallest absolute Gasteiger partial charge is 0.410 e. The Balaban J connectivity index is 1.93. The van der Waals surface area contributed by atoms with E-state index in [-0.39, 0.29) is 6.09 Å². The van der Waals surface area contributed by atoms with Gasteiger partial charge >= 0.3 is 12.1 Å². The van der Waals surface area contributed by atoms with Crippen molar-refractivity contribution >= 4 is 12.1 Å². The molecule has 0 aromatic heterocycles. The first-order valence-electron chi connectivity index (χ1n) is 6.59. The first-order valence-corrected chi connectivity index (χ1v) is 6.59. The molecule has 1 amide bonds. The molecular formula is C13H21NO5. The number of ether oxygens (including phenoxy) is 2. The van der Waals surface area contributed by atoms with Gasteiger partial charge in [0.25, 0.3) is 0 Å². The summed E-state index contributed by atoms with van der Waals surface area (Å²) < 4.78 is 10.9. The summed E-state index contributed by atoms with van der Waals surface area (Å²) in [4.78, 5) is 24.5. The number of nitrogens with zero attached hydrogens (tertiary/aromatic N) is 1. The quantitative estimate of drug-likeness (QED) is 0.784. The van der Waals surface area contributed by atoms with Gasteiger partial charge in [0.15, 0.2) is 6.10 Å². The van der Waals surface area contributed by atoms with Crippen LogP contribution in [0.2, 0.25) is 0 Å². The standard InChI is InChI=1S/C13H21NO5/c1-12(2,3)19-11(17)14-7-6-13(8-14)5-4-9(18-13)10(15)16/h9H,4-8H2,1-3H3,(H,15,16)/t9-,13?/m0/s1. The third kappa shape index (κ3) is 3.18. The number of likely N-dealkylation sites (tertiary alicyclic amines) is 1. The van der Waals surface area contributed by atoms with E-state index in [2.05, 4.69) is 0 Å². The molecule has 2 atom stereocenters. The topological polar surface area (TPSA) is 76.1 Å². The summed E-state index contributed by atoms with van der Waals surface area (Å²) in [7, 11) is 0. The minimum Gasteiger partial charge on any atom is -0.479 e. The van der Waals surface area contributed by atoms with E-state index < -0.39 is 23.3 Å². The number of hydrogen-bond acceptors (Lipinski definition) is 4. The van der Waals surface area contributed by atoms with Crippen LogP contribution in [0.15, 0.2) is 0 Å². The molecule has 6 heteroatoms. The Morgan fingerprint density at radius 2 is 2.05 bits per heavy atom. The zero-order valence-corrected chi connectivity index (χ0v) is 11.6. The Bertz CT molecular complexity index is 389. The average Bonchev–Trinajstić information content (AvgIpc) is 2.85. The van der Waals surface area contributed by atoms with E-state index in [9.17, 15) is 9.59 Å². The molecule has 2 aliphatic rings. The average molecular weight is 271 g/mol. The van der Waals surface area contributed by atoms with Crippen molar-refractivity contribution in [3.63, 3.8) is 0 Å². The third-order valence-corrected chi connectivity index (χ3v) is 3.50. The predicted octanol–water partition coefficient (Wildman–Crippen LogP) is 1.63. The highest BCUT2D eigenvalue weighted by Crippen LogP contribution is 2.38. The number of amides is 1. The summed E-state index contributed by atoms with van der Waals surface area (Å²) in [6.45, 7) is 6.45. The summed E-state index contributed by atoms with van der Waals surface area (Å²) in [5.41, 5.74) is -1.01. The number of carbonyl (C=O) groups excluding carboxylic acids is 1. The lowest BCUT2D eigenvalue weighted by Gasteiger charge is -2.26. The molecule has 1 unspecified atom stereocenters. The maximum Gasteiger partial charge on any atom is 0.410 e. The van der Waals surface area contributed by atoms with Gasteiger partial charge in [0.05, 0.1) is 12.1 Å². The van der Waals surface area contributed by atoms with Crippen LogP contribution in [0.5, 0.6) is 0 Å². The third-order valence-electron chi connectivity index (χ3n) is 3.50. The molecule has 1 spiro atoms. The molecule has 0 aliphatic carbocycles. The predicted molar refractivity (Wildman–Crippen MR) is 66.9 cm³/mol. The fourth-order valence-corrected chi connectivity index (χ4v) is 2.61. The molecule has 19 heavy (non-hydrogen) atoms. The molecule has 0 aromatic carbocycles. The second-order valence-electron chi connectivity index (χ2n) is 6.32. The van der Waals surface area contributed by atoms with Crippen LogP contribution in [0.1, 0.15) is 40.0 Å². The van der Waals surface area contributed by atoms with Crippen molar-refractivity contribution in [2.24, 2.45) is 0 Å². The molecule has 108 valence electrons. The molecule has 2 rings (SSSR count). The zero-order valence-electron chi connectivity index (χ0n) is 11.6. The molecular weight excluding hydrogens is 250 g/mol. The molecule has 6 nitrogen and oxygen atoms in total. The van der Waals surface area contributed by atoms with Crippen LogP contribution < -0.4 is 0 Å². The first kappa shape index (κ1) is 14.1. The van der Waals surface area contributed by atoms with Crippen LogP contribution >= 0.6 is 0 Å². The van der Waals surface area contributed by atoms with Gasteiger partial charge in [0.1, 0.15) is 5.60 Å². The van der Waals surface area contributed by atoms with Crippen molar-refractivity contribution in [2.75, 3.05) is 13.1 Å². The van der Waals surface area contributed by atoms with Crippen LogP contribution in [-0.2, 0) is 14.3 Å². The number of carboxylic acids is 1. The van der Waals surface area contributed by atoms with Crippen molar-refractivity contribution in [2.45, 2.75) is 57.3 Å². The highest BCUT2D eigenvalue weighted by molar-refractivity contribution is 5.73. The molecule has 0 saturated carbocycles. The fraction of sp³-hybridized carbons (Fsp3) is 0.846. The highest BCUT2D eigenvalue weighted by atomic mass is 16.6. The minimum absolute atomic E-state index is 0.355. The van der Waals surface area contributed by atoms with Crippen molar-refractivity contribution in [3.8, 4) is 0 Å². The van der Waals surface area contributed by atoms with Gasteiger partial charge < -0.3 is 19.5 Å². The highest BCUT2D eigenvalue weighted by Gasteiger charge is 2.49. The van der Waals surface area contributed by atoms with Crippen LogP contribution in [0, 0.1) is 0 Å². The van der Waals surface area contributed by atoms with E-state index in [4.69, 9.17) is 14.6 Å². The number of rotatable bonds is 1. The lowest BCUT2D eigenvalue weighted by atomic mass is 9.99. The molecule has 2 fully saturated rings. The molecule has 0 aromatic rings. The summed E-state index contributed by atoms with van der Waals surface area (Å²) in [6.07, 6.45) is 0.780. The number of hydrogen-bond donors (Lipinski definition) is 1. The second kappa shape index (κ2) is 4.67. The Labute approximate surface area is 112 Å². The fourth-order valence-electron chi connectivity index (χ4n) is 2.61.